The molecule has 3 heteroatoms. The van der Waals surface area contributed by atoms with Gasteiger partial charge in [0.2, 0.25) is 5.91 Å². The second-order valence-corrected chi connectivity index (χ2v) is 6.76. The number of anilines is 1. The number of para-hydroxylation sites is 1. The molecule has 1 amide bonds. The van der Waals surface area contributed by atoms with Gasteiger partial charge in [0.05, 0.1) is 11.5 Å². The summed E-state index contributed by atoms with van der Waals surface area (Å²) in [6.07, 6.45) is 0.527. The van der Waals surface area contributed by atoms with E-state index in [1.807, 2.05) is 49.9 Å². The molecule has 0 radical (unpaired) electrons. The number of carbonyl (C=O) groups excluding carboxylic acids is 1. The summed E-state index contributed by atoms with van der Waals surface area (Å²) in [5.41, 5.74) is 3.73. The first-order valence-electron chi connectivity index (χ1n) is 8.07. The number of hydrogen-bond acceptors (Lipinski definition) is 2. The van der Waals surface area contributed by atoms with Crippen LogP contribution in [-0.4, -0.2) is 17.6 Å². The maximum absolute atomic E-state index is 13.1. The third-order valence-electron chi connectivity index (χ3n) is 4.77. The van der Waals surface area contributed by atoms with Crippen molar-refractivity contribution in [3.05, 3.63) is 65.2 Å². The SMILES string of the molecule is Cc1ccc(C(CCO)N2C(=O)C(C)(C)c3ccccc32)cc1. The standard InChI is InChI=1S/C20H23NO2/c1-14-8-10-15(11-9-14)17(12-13-22)21-18-7-5-4-6-16(18)20(2,3)19(21)23/h4-11,17,22H,12-13H2,1-3H3. The fourth-order valence-electron chi connectivity index (χ4n) is 3.40. The summed E-state index contributed by atoms with van der Waals surface area (Å²) in [5, 5.41) is 9.54. The molecule has 2 aromatic carbocycles. The molecule has 0 fully saturated rings. The van der Waals surface area contributed by atoms with E-state index in [1.54, 1.807) is 0 Å². The van der Waals surface area contributed by atoms with Crippen molar-refractivity contribution in [2.24, 2.45) is 0 Å². The second kappa shape index (κ2) is 5.82. The van der Waals surface area contributed by atoms with Gasteiger partial charge in [-0.2, -0.15) is 0 Å². The van der Waals surface area contributed by atoms with Gasteiger partial charge in [0.25, 0.3) is 0 Å². The summed E-state index contributed by atoms with van der Waals surface area (Å²) in [5.74, 6) is 0.0951. The van der Waals surface area contributed by atoms with Crippen LogP contribution in [-0.2, 0) is 10.2 Å². The molecule has 3 nitrogen and oxygen atoms in total. The number of nitrogens with zero attached hydrogens (tertiary/aromatic N) is 1. The molecule has 1 N–H and O–H groups in total. The highest BCUT2D eigenvalue weighted by Gasteiger charge is 2.46. The van der Waals surface area contributed by atoms with Gasteiger partial charge < -0.3 is 10.0 Å². The predicted octanol–water partition coefficient (Wildman–Crippen LogP) is 3.74. The van der Waals surface area contributed by atoms with E-state index in [0.717, 1.165) is 16.8 Å². The molecule has 0 aromatic heterocycles. The number of rotatable bonds is 4. The van der Waals surface area contributed by atoms with Gasteiger partial charge in [0.1, 0.15) is 0 Å². The minimum atomic E-state index is -0.533. The summed E-state index contributed by atoms with van der Waals surface area (Å²) in [6.45, 7) is 6.04. The van der Waals surface area contributed by atoms with Gasteiger partial charge in [-0.25, -0.2) is 0 Å². The van der Waals surface area contributed by atoms with Crippen LogP contribution in [0.5, 0.6) is 0 Å². The molecule has 0 bridgehead atoms. The van der Waals surface area contributed by atoms with Crippen LogP contribution in [0.3, 0.4) is 0 Å². The van der Waals surface area contributed by atoms with Crippen LogP contribution in [0.4, 0.5) is 5.69 Å². The Morgan fingerprint density at radius 3 is 2.39 bits per heavy atom. The zero-order chi connectivity index (χ0) is 16.6. The largest absolute Gasteiger partial charge is 0.396 e. The molecule has 0 spiro atoms. The quantitative estimate of drug-likeness (QED) is 0.934. The Labute approximate surface area is 137 Å². The predicted molar refractivity (Wildman–Crippen MR) is 92.6 cm³/mol. The molecule has 1 heterocycles. The lowest BCUT2D eigenvalue weighted by atomic mass is 9.86. The number of fused-ring (bicyclic) bond motifs is 1. The average Bonchev–Trinajstić information content (AvgIpc) is 2.74. The van der Waals surface area contributed by atoms with Gasteiger partial charge >= 0.3 is 0 Å². The van der Waals surface area contributed by atoms with Crippen molar-refractivity contribution in [3.8, 4) is 0 Å². The lowest BCUT2D eigenvalue weighted by molar-refractivity contribution is -0.122. The molecule has 1 atom stereocenters. The summed E-state index contributed by atoms with van der Waals surface area (Å²) >= 11 is 0. The normalized spacial score (nSPS) is 17.2. The zero-order valence-corrected chi connectivity index (χ0v) is 13.9. The molecule has 120 valence electrons. The topological polar surface area (TPSA) is 40.5 Å². The second-order valence-electron chi connectivity index (χ2n) is 6.76. The number of aliphatic hydroxyl groups is 1. The van der Waals surface area contributed by atoms with Crippen molar-refractivity contribution in [2.75, 3.05) is 11.5 Å². The van der Waals surface area contributed by atoms with Crippen molar-refractivity contribution in [2.45, 2.75) is 38.6 Å². The smallest absolute Gasteiger partial charge is 0.237 e. The number of carbonyl (C=O) groups is 1. The van der Waals surface area contributed by atoms with Gasteiger partial charge in [-0.15, -0.1) is 0 Å². The Morgan fingerprint density at radius 1 is 1.09 bits per heavy atom. The van der Waals surface area contributed by atoms with Gasteiger partial charge in [-0.05, 0) is 44.4 Å². The van der Waals surface area contributed by atoms with Crippen LogP contribution in [0.25, 0.3) is 0 Å². The Kier molecular flexibility index (Phi) is 3.99. The van der Waals surface area contributed by atoms with E-state index in [9.17, 15) is 9.90 Å². The molecule has 1 aliphatic rings. The number of aliphatic hydroxyl groups excluding tert-OH is 1. The molecular weight excluding hydrogens is 286 g/mol. The van der Waals surface area contributed by atoms with Crippen LogP contribution in [0.1, 0.15) is 43.0 Å². The van der Waals surface area contributed by atoms with Crippen molar-refractivity contribution in [3.63, 3.8) is 0 Å². The highest BCUT2D eigenvalue weighted by molar-refractivity contribution is 6.08. The number of benzene rings is 2. The highest BCUT2D eigenvalue weighted by Crippen LogP contribution is 2.45. The Morgan fingerprint density at radius 2 is 1.74 bits per heavy atom. The minimum Gasteiger partial charge on any atom is -0.396 e. The number of amides is 1. The summed E-state index contributed by atoms with van der Waals surface area (Å²) in [6, 6.07) is 16.0. The lowest BCUT2D eigenvalue weighted by Gasteiger charge is -2.30. The van der Waals surface area contributed by atoms with E-state index in [0.29, 0.717) is 6.42 Å². The van der Waals surface area contributed by atoms with Gasteiger partial charge in [-0.3, -0.25) is 4.79 Å². The van der Waals surface area contributed by atoms with Crippen molar-refractivity contribution < 1.29 is 9.90 Å². The van der Waals surface area contributed by atoms with E-state index in [1.165, 1.54) is 5.56 Å². The van der Waals surface area contributed by atoms with Crippen LogP contribution >= 0.6 is 0 Å². The van der Waals surface area contributed by atoms with Crippen LogP contribution < -0.4 is 4.90 Å². The maximum Gasteiger partial charge on any atom is 0.237 e. The molecule has 0 aliphatic carbocycles. The van der Waals surface area contributed by atoms with Gasteiger partial charge in [0, 0.05) is 12.3 Å². The monoisotopic (exact) mass is 309 g/mol. The molecular formula is C20H23NO2. The molecule has 2 aromatic rings. The van der Waals surface area contributed by atoms with E-state index >= 15 is 0 Å². The number of hydrogen-bond donors (Lipinski definition) is 1. The first-order chi connectivity index (χ1) is 11.0. The first kappa shape index (κ1) is 15.8. The zero-order valence-electron chi connectivity index (χ0n) is 13.9. The van der Waals surface area contributed by atoms with Crippen LogP contribution in [0, 0.1) is 6.92 Å². The summed E-state index contributed by atoms with van der Waals surface area (Å²) in [7, 11) is 0. The molecule has 1 aliphatic heterocycles. The number of aryl methyl sites for hydroxylation is 1. The van der Waals surface area contributed by atoms with E-state index < -0.39 is 5.41 Å². The molecule has 1 unspecified atom stereocenters. The van der Waals surface area contributed by atoms with Crippen LogP contribution in [0.15, 0.2) is 48.5 Å². The highest BCUT2D eigenvalue weighted by atomic mass is 16.3. The van der Waals surface area contributed by atoms with Crippen molar-refractivity contribution in [1.29, 1.82) is 0 Å². The first-order valence-corrected chi connectivity index (χ1v) is 8.07. The third kappa shape index (κ3) is 2.55. The Balaban J connectivity index is 2.10. The summed E-state index contributed by atoms with van der Waals surface area (Å²) < 4.78 is 0. The van der Waals surface area contributed by atoms with E-state index in [-0.39, 0.29) is 18.6 Å². The Bertz CT molecular complexity index is 719. The molecule has 0 saturated carbocycles. The molecule has 0 saturated heterocycles. The molecule has 23 heavy (non-hydrogen) atoms. The lowest BCUT2D eigenvalue weighted by Crippen LogP contribution is -2.39. The van der Waals surface area contributed by atoms with E-state index in [4.69, 9.17) is 0 Å². The Hall–Kier alpha value is -2.13. The fourth-order valence-corrected chi connectivity index (χ4v) is 3.40. The molecule has 3 rings (SSSR count). The van der Waals surface area contributed by atoms with Gasteiger partial charge in [0.15, 0.2) is 0 Å². The van der Waals surface area contributed by atoms with Crippen LogP contribution in [0.2, 0.25) is 0 Å². The fraction of sp³-hybridized carbons (Fsp3) is 0.350. The average molecular weight is 309 g/mol. The van der Waals surface area contributed by atoms with Gasteiger partial charge in [-0.1, -0.05) is 48.0 Å². The van der Waals surface area contributed by atoms with E-state index in [2.05, 4.69) is 24.3 Å². The summed E-state index contributed by atoms with van der Waals surface area (Å²) in [4.78, 5) is 15.0. The maximum atomic E-state index is 13.1. The van der Waals surface area contributed by atoms with Crippen molar-refractivity contribution >= 4 is 11.6 Å². The third-order valence-corrected chi connectivity index (χ3v) is 4.77. The minimum absolute atomic E-state index is 0.0465. The van der Waals surface area contributed by atoms with Crippen molar-refractivity contribution in [1.82, 2.24) is 0 Å².